The third-order valence-electron chi connectivity index (χ3n) is 2.76. The van der Waals surface area contributed by atoms with Crippen LogP contribution in [0.15, 0.2) is 52.6 Å². The van der Waals surface area contributed by atoms with Crippen LogP contribution < -0.4 is 5.73 Å². The maximum absolute atomic E-state index is 8.64. The number of benzene rings is 1. The minimum atomic E-state index is 0.0262. The van der Waals surface area contributed by atoms with Crippen LogP contribution >= 0.6 is 11.8 Å². The van der Waals surface area contributed by atoms with Crippen molar-refractivity contribution in [3.8, 4) is 0 Å². The number of pyridine rings is 1. The van der Waals surface area contributed by atoms with Crippen LogP contribution in [0.1, 0.15) is 16.8 Å². The molecule has 0 bridgehead atoms. The van der Waals surface area contributed by atoms with E-state index in [0.717, 1.165) is 10.6 Å². The molecule has 1 heterocycles. The highest BCUT2D eigenvalue weighted by Gasteiger charge is 2.04. The van der Waals surface area contributed by atoms with Gasteiger partial charge >= 0.3 is 0 Å². The normalized spacial score (nSPS) is 11.5. The molecular formula is C14H15N3OS. The van der Waals surface area contributed by atoms with Crippen molar-refractivity contribution in [2.45, 2.75) is 17.6 Å². The summed E-state index contributed by atoms with van der Waals surface area (Å²) in [6, 6.07) is 12.0. The van der Waals surface area contributed by atoms with Crippen molar-refractivity contribution in [3.05, 3.63) is 59.4 Å². The van der Waals surface area contributed by atoms with Gasteiger partial charge in [-0.25, -0.2) is 0 Å². The number of amidine groups is 1. The van der Waals surface area contributed by atoms with Gasteiger partial charge in [-0.2, -0.15) is 0 Å². The first kappa shape index (κ1) is 13.4. The molecule has 0 saturated carbocycles. The van der Waals surface area contributed by atoms with Crippen molar-refractivity contribution in [1.29, 1.82) is 0 Å². The van der Waals surface area contributed by atoms with Gasteiger partial charge in [0.2, 0.25) is 0 Å². The second-order valence-electron chi connectivity index (χ2n) is 4.08. The lowest BCUT2D eigenvalue weighted by Gasteiger charge is -2.06. The predicted molar refractivity (Wildman–Crippen MR) is 77.5 cm³/mol. The van der Waals surface area contributed by atoms with Crippen LogP contribution in [0.3, 0.4) is 0 Å². The Hall–Kier alpha value is -2.01. The lowest BCUT2D eigenvalue weighted by molar-refractivity contribution is 0.318. The average molecular weight is 273 g/mol. The SMILES string of the molecule is Cc1ccccc1CSc1ccnc(C(N)=NO)c1. The van der Waals surface area contributed by atoms with Crippen LogP contribution in [-0.4, -0.2) is 16.0 Å². The highest BCUT2D eigenvalue weighted by molar-refractivity contribution is 7.98. The molecule has 0 unspecified atom stereocenters. The number of hydrogen-bond acceptors (Lipinski definition) is 4. The molecule has 1 aromatic carbocycles. The predicted octanol–water partition coefficient (Wildman–Crippen LogP) is 2.78. The Morgan fingerprint density at radius 2 is 2.16 bits per heavy atom. The van der Waals surface area contributed by atoms with E-state index in [-0.39, 0.29) is 5.84 Å². The molecule has 0 spiro atoms. The van der Waals surface area contributed by atoms with Crippen molar-refractivity contribution < 1.29 is 5.21 Å². The second kappa shape index (κ2) is 6.24. The highest BCUT2D eigenvalue weighted by Crippen LogP contribution is 2.24. The van der Waals surface area contributed by atoms with E-state index < -0.39 is 0 Å². The zero-order chi connectivity index (χ0) is 13.7. The molecule has 0 radical (unpaired) electrons. The van der Waals surface area contributed by atoms with Crippen molar-refractivity contribution in [1.82, 2.24) is 4.98 Å². The molecule has 0 fully saturated rings. The summed E-state index contributed by atoms with van der Waals surface area (Å²) in [5, 5.41) is 11.6. The Bertz CT molecular complexity index is 599. The number of nitrogens with zero attached hydrogens (tertiary/aromatic N) is 2. The topological polar surface area (TPSA) is 71.5 Å². The highest BCUT2D eigenvalue weighted by atomic mass is 32.2. The first-order valence-electron chi connectivity index (χ1n) is 5.82. The number of rotatable bonds is 4. The van der Waals surface area contributed by atoms with E-state index in [1.165, 1.54) is 11.1 Å². The molecule has 1 aromatic heterocycles. The zero-order valence-corrected chi connectivity index (χ0v) is 11.4. The number of aromatic nitrogens is 1. The number of thioether (sulfide) groups is 1. The average Bonchev–Trinajstić information content (AvgIpc) is 2.46. The Morgan fingerprint density at radius 3 is 2.89 bits per heavy atom. The number of aryl methyl sites for hydroxylation is 1. The van der Waals surface area contributed by atoms with Crippen LogP contribution in [0.4, 0.5) is 0 Å². The molecule has 98 valence electrons. The number of nitrogens with two attached hydrogens (primary N) is 1. The van der Waals surface area contributed by atoms with Crippen LogP contribution in [0.25, 0.3) is 0 Å². The summed E-state index contributed by atoms with van der Waals surface area (Å²) in [4.78, 5) is 5.10. The maximum Gasteiger partial charge on any atom is 0.188 e. The van der Waals surface area contributed by atoms with Gasteiger partial charge in [0, 0.05) is 16.8 Å². The quantitative estimate of drug-likeness (QED) is 0.295. The third kappa shape index (κ3) is 3.48. The smallest absolute Gasteiger partial charge is 0.188 e. The summed E-state index contributed by atoms with van der Waals surface area (Å²) in [6.45, 7) is 2.10. The Labute approximate surface area is 116 Å². The Balaban J connectivity index is 2.10. The van der Waals surface area contributed by atoms with Crippen molar-refractivity contribution in [3.63, 3.8) is 0 Å². The molecule has 2 rings (SSSR count). The van der Waals surface area contributed by atoms with Gasteiger partial charge in [-0.1, -0.05) is 29.4 Å². The summed E-state index contributed by atoms with van der Waals surface area (Å²) in [7, 11) is 0. The van der Waals surface area contributed by atoms with E-state index in [9.17, 15) is 0 Å². The largest absolute Gasteiger partial charge is 0.409 e. The van der Waals surface area contributed by atoms with Crippen molar-refractivity contribution in [2.24, 2.45) is 10.9 Å². The molecular weight excluding hydrogens is 258 g/mol. The lowest BCUT2D eigenvalue weighted by atomic mass is 10.1. The van der Waals surface area contributed by atoms with E-state index in [1.54, 1.807) is 18.0 Å². The molecule has 0 aliphatic heterocycles. The van der Waals surface area contributed by atoms with Crippen LogP contribution in [0, 0.1) is 6.92 Å². The number of oxime groups is 1. The Kier molecular flexibility index (Phi) is 4.41. The van der Waals surface area contributed by atoms with Crippen LogP contribution in [0.2, 0.25) is 0 Å². The minimum absolute atomic E-state index is 0.0262. The standard InChI is InChI=1S/C14H15N3OS/c1-10-4-2-3-5-11(10)9-19-12-6-7-16-13(8-12)14(15)17-18/h2-8,18H,9H2,1H3,(H2,15,17). The van der Waals surface area contributed by atoms with Crippen molar-refractivity contribution in [2.75, 3.05) is 0 Å². The maximum atomic E-state index is 8.64. The van der Waals surface area contributed by atoms with E-state index >= 15 is 0 Å². The Morgan fingerprint density at radius 1 is 1.37 bits per heavy atom. The summed E-state index contributed by atoms with van der Waals surface area (Å²) in [5.41, 5.74) is 8.59. The molecule has 4 nitrogen and oxygen atoms in total. The summed E-state index contributed by atoms with van der Waals surface area (Å²) >= 11 is 1.70. The first-order chi connectivity index (χ1) is 9.20. The summed E-state index contributed by atoms with van der Waals surface area (Å²) < 4.78 is 0. The van der Waals surface area contributed by atoms with Gasteiger partial charge in [0.25, 0.3) is 0 Å². The fraction of sp³-hybridized carbons (Fsp3) is 0.143. The molecule has 0 amide bonds. The second-order valence-corrected chi connectivity index (χ2v) is 5.13. The van der Waals surface area contributed by atoms with E-state index in [0.29, 0.717) is 5.69 Å². The lowest BCUT2D eigenvalue weighted by Crippen LogP contribution is -2.14. The molecule has 3 N–H and O–H groups in total. The minimum Gasteiger partial charge on any atom is -0.409 e. The molecule has 0 aliphatic rings. The number of hydrogen-bond donors (Lipinski definition) is 2. The van der Waals surface area contributed by atoms with Gasteiger partial charge in [0.1, 0.15) is 5.69 Å². The molecule has 19 heavy (non-hydrogen) atoms. The van der Waals surface area contributed by atoms with E-state index in [2.05, 4.69) is 29.2 Å². The summed E-state index contributed by atoms with van der Waals surface area (Å²) in [6.07, 6.45) is 1.66. The monoisotopic (exact) mass is 273 g/mol. The molecule has 5 heteroatoms. The van der Waals surface area contributed by atoms with Gasteiger partial charge in [0.05, 0.1) is 0 Å². The fourth-order valence-electron chi connectivity index (χ4n) is 1.63. The fourth-order valence-corrected chi connectivity index (χ4v) is 2.62. The van der Waals surface area contributed by atoms with E-state index in [1.807, 2.05) is 24.3 Å². The first-order valence-corrected chi connectivity index (χ1v) is 6.80. The molecule has 0 saturated heterocycles. The van der Waals surface area contributed by atoms with Gasteiger partial charge in [-0.15, -0.1) is 11.8 Å². The van der Waals surface area contributed by atoms with Gasteiger partial charge in [-0.05, 0) is 30.2 Å². The molecule has 0 aliphatic carbocycles. The van der Waals surface area contributed by atoms with Gasteiger partial charge in [-0.3, -0.25) is 4.98 Å². The van der Waals surface area contributed by atoms with E-state index in [4.69, 9.17) is 10.9 Å². The zero-order valence-electron chi connectivity index (χ0n) is 10.6. The summed E-state index contributed by atoms with van der Waals surface area (Å²) in [5.74, 6) is 0.907. The third-order valence-corrected chi connectivity index (χ3v) is 3.80. The van der Waals surface area contributed by atoms with Crippen LogP contribution in [0.5, 0.6) is 0 Å². The van der Waals surface area contributed by atoms with Crippen LogP contribution in [-0.2, 0) is 5.75 Å². The molecule has 0 atom stereocenters. The molecule has 2 aromatic rings. The van der Waals surface area contributed by atoms with Gasteiger partial charge < -0.3 is 10.9 Å². The van der Waals surface area contributed by atoms with Gasteiger partial charge in [0.15, 0.2) is 5.84 Å². The van der Waals surface area contributed by atoms with Crippen molar-refractivity contribution >= 4 is 17.6 Å².